The van der Waals surface area contributed by atoms with Crippen LogP contribution in [0.4, 0.5) is 0 Å². The Morgan fingerprint density at radius 1 is 1.12 bits per heavy atom. The molecule has 1 fully saturated rings. The van der Waals surface area contributed by atoms with Crippen LogP contribution in [0.15, 0.2) is 48.5 Å². The van der Waals surface area contributed by atoms with Gasteiger partial charge >= 0.3 is 0 Å². The number of primary amides is 1. The van der Waals surface area contributed by atoms with Crippen LogP contribution in [0.1, 0.15) is 23.2 Å². The first-order chi connectivity index (χ1) is 11.5. The molecule has 0 aliphatic carbocycles. The van der Waals surface area contributed by atoms with E-state index in [1.54, 1.807) is 24.3 Å². The van der Waals surface area contributed by atoms with E-state index in [-0.39, 0.29) is 5.78 Å². The number of ketones is 1. The number of nitrogens with one attached hydrogen (secondary N) is 1. The van der Waals surface area contributed by atoms with Gasteiger partial charge in [0.2, 0.25) is 5.91 Å². The molecule has 123 valence electrons. The van der Waals surface area contributed by atoms with Crippen molar-refractivity contribution in [1.82, 2.24) is 5.32 Å². The maximum Gasteiger partial charge on any atom is 0.238 e. The summed E-state index contributed by atoms with van der Waals surface area (Å²) in [6, 6.07) is 14.6. The predicted octanol–water partition coefficient (Wildman–Crippen LogP) is 3.00. The molecule has 1 amide bonds. The number of nitrogens with two attached hydrogens (primary N) is 1. The van der Waals surface area contributed by atoms with Crippen molar-refractivity contribution in [2.75, 3.05) is 6.54 Å². The van der Waals surface area contributed by atoms with Crippen molar-refractivity contribution in [3.05, 3.63) is 65.5 Å². The number of amides is 1. The summed E-state index contributed by atoms with van der Waals surface area (Å²) in [6.07, 6.45) is 2.78. The Bertz CT molecular complexity index is 765. The first kappa shape index (κ1) is 16.7. The molecule has 2 aromatic carbocycles. The Balaban J connectivity index is 1.93. The van der Waals surface area contributed by atoms with Crippen molar-refractivity contribution in [3.8, 4) is 11.1 Å². The number of hydrogen-bond donors (Lipinski definition) is 2. The lowest BCUT2D eigenvalue weighted by Gasteiger charge is -2.24. The van der Waals surface area contributed by atoms with Crippen LogP contribution in [0.2, 0.25) is 5.02 Å². The third-order valence-electron chi connectivity index (χ3n) is 4.35. The van der Waals surface area contributed by atoms with Crippen LogP contribution in [-0.4, -0.2) is 23.8 Å². The van der Waals surface area contributed by atoms with Crippen molar-refractivity contribution in [1.29, 1.82) is 0 Å². The molecule has 5 heteroatoms. The number of rotatable bonds is 5. The summed E-state index contributed by atoms with van der Waals surface area (Å²) in [5.74, 6) is -0.730. The van der Waals surface area contributed by atoms with Gasteiger partial charge in [-0.25, -0.2) is 0 Å². The second kappa shape index (κ2) is 6.75. The summed E-state index contributed by atoms with van der Waals surface area (Å²) < 4.78 is 0. The molecule has 24 heavy (non-hydrogen) atoms. The molecule has 0 saturated carbocycles. The normalized spacial score (nSPS) is 20.0. The minimum Gasteiger partial charge on any atom is -0.368 e. The minimum absolute atomic E-state index is 0.214. The first-order valence-electron chi connectivity index (χ1n) is 7.82. The number of halogens is 1. The van der Waals surface area contributed by atoms with Crippen LogP contribution in [0, 0.1) is 6.42 Å². The largest absolute Gasteiger partial charge is 0.368 e. The fourth-order valence-corrected chi connectivity index (χ4v) is 3.18. The highest BCUT2D eigenvalue weighted by Crippen LogP contribution is 2.29. The minimum atomic E-state index is -1.05. The summed E-state index contributed by atoms with van der Waals surface area (Å²) in [6.45, 7) is 0.672. The van der Waals surface area contributed by atoms with E-state index in [9.17, 15) is 9.59 Å². The summed E-state index contributed by atoms with van der Waals surface area (Å²) in [5.41, 5.74) is 6.70. The maximum atomic E-state index is 12.8. The standard InChI is InChI=1S/C19H18ClN2O2/c20-14-8-6-13(7-9-14)15-4-1-2-5-16(15)17(23)12-19(18(21)24)10-3-11-22-19/h1-2,4-9,12,22H,3,10-11H2,(H2,21,24)/t19-/m1/s1. The van der Waals surface area contributed by atoms with E-state index in [0.29, 0.717) is 23.6 Å². The lowest BCUT2D eigenvalue weighted by molar-refractivity contribution is -0.122. The van der Waals surface area contributed by atoms with E-state index in [1.165, 1.54) is 6.42 Å². The molecular weight excluding hydrogens is 324 g/mol. The van der Waals surface area contributed by atoms with Gasteiger partial charge in [-0.15, -0.1) is 0 Å². The fourth-order valence-electron chi connectivity index (χ4n) is 3.05. The molecule has 3 rings (SSSR count). The molecule has 1 radical (unpaired) electrons. The van der Waals surface area contributed by atoms with Gasteiger partial charge in [0.15, 0.2) is 5.78 Å². The van der Waals surface area contributed by atoms with E-state index in [1.807, 2.05) is 24.3 Å². The Labute approximate surface area is 146 Å². The Morgan fingerprint density at radius 3 is 2.46 bits per heavy atom. The monoisotopic (exact) mass is 341 g/mol. The number of carbonyl (C=O) groups is 2. The SMILES string of the molecule is NC(=O)[C@]1([CH]C(=O)c2ccccc2-c2ccc(Cl)cc2)CCCN1. The lowest BCUT2D eigenvalue weighted by atomic mass is 9.86. The van der Waals surface area contributed by atoms with Crippen LogP contribution in [-0.2, 0) is 4.79 Å². The molecular formula is C19H18ClN2O2. The van der Waals surface area contributed by atoms with E-state index >= 15 is 0 Å². The average Bonchev–Trinajstić information content (AvgIpc) is 3.05. The van der Waals surface area contributed by atoms with E-state index in [4.69, 9.17) is 17.3 Å². The maximum absolute atomic E-state index is 12.8. The number of benzene rings is 2. The molecule has 1 atom stereocenters. The van der Waals surface area contributed by atoms with Crippen LogP contribution < -0.4 is 11.1 Å². The Hall–Kier alpha value is -2.17. The number of hydrogen-bond acceptors (Lipinski definition) is 3. The van der Waals surface area contributed by atoms with Gasteiger partial charge in [0.25, 0.3) is 0 Å². The van der Waals surface area contributed by atoms with Gasteiger partial charge in [0.1, 0.15) is 5.54 Å². The highest BCUT2D eigenvalue weighted by Gasteiger charge is 2.41. The van der Waals surface area contributed by atoms with E-state index < -0.39 is 11.4 Å². The first-order valence-corrected chi connectivity index (χ1v) is 8.20. The fraction of sp³-hybridized carbons (Fsp3) is 0.211. The van der Waals surface area contributed by atoms with E-state index in [2.05, 4.69) is 5.32 Å². The summed E-state index contributed by atoms with van der Waals surface area (Å²) in [5, 5.41) is 3.70. The van der Waals surface area contributed by atoms with Gasteiger partial charge < -0.3 is 11.1 Å². The van der Waals surface area contributed by atoms with Gasteiger partial charge in [-0.3, -0.25) is 9.59 Å². The lowest BCUT2D eigenvalue weighted by Crippen LogP contribution is -2.53. The van der Waals surface area contributed by atoms with Crippen LogP contribution in [0.3, 0.4) is 0 Å². The quantitative estimate of drug-likeness (QED) is 0.821. The smallest absolute Gasteiger partial charge is 0.238 e. The van der Waals surface area contributed by atoms with Gasteiger partial charge in [0.05, 0.1) is 6.42 Å². The van der Waals surface area contributed by atoms with E-state index in [0.717, 1.165) is 17.5 Å². The highest BCUT2D eigenvalue weighted by molar-refractivity contribution is 6.30. The molecule has 0 aromatic heterocycles. The highest BCUT2D eigenvalue weighted by atomic mass is 35.5. The third-order valence-corrected chi connectivity index (χ3v) is 4.61. The third kappa shape index (κ3) is 3.21. The molecule has 1 heterocycles. The van der Waals surface area contributed by atoms with Crippen molar-refractivity contribution >= 4 is 23.3 Å². The van der Waals surface area contributed by atoms with Gasteiger partial charge in [-0.1, -0.05) is 48.0 Å². The molecule has 1 aliphatic heterocycles. The Kier molecular flexibility index (Phi) is 4.69. The molecule has 4 nitrogen and oxygen atoms in total. The van der Waals surface area contributed by atoms with Gasteiger partial charge in [-0.2, -0.15) is 0 Å². The second-order valence-corrected chi connectivity index (χ2v) is 6.36. The second-order valence-electron chi connectivity index (χ2n) is 5.93. The van der Waals surface area contributed by atoms with Crippen LogP contribution in [0.5, 0.6) is 0 Å². The summed E-state index contributed by atoms with van der Waals surface area (Å²) in [7, 11) is 0. The summed E-state index contributed by atoms with van der Waals surface area (Å²) >= 11 is 5.94. The molecule has 0 unspecified atom stereocenters. The number of carbonyl (C=O) groups excluding carboxylic acids is 2. The molecule has 2 aromatic rings. The molecule has 1 aliphatic rings. The van der Waals surface area contributed by atoms with Crippen LogP contribution in [0.25, 0.3) is 11.1 Å². The topological polar surface area (TPSA) is 72.2 Å². The molecule has 0 spiro atoms. The zero-order chi connectivity index (χ0) is 17.2. The van der Waals surface area contributed by atoms with Gasteiger partial charge in [-0.05, 0) is 42.6 Å². The molecule has 0 bridgehead atoms. The van der Waals surface area contributed by atoms with Gasteiger partial charge in [0, 0.05) is 10.6 Å². The van der Waals surface area contributed by atoms with Crippen LogP contribution >= 0.6 is 11.6 Å². The van der Waals surface area contributed by atoms with Crippen molar-refractivity contribution in [2.45, 2.75) is 18.4 Å². The van der Waals surface area contributed by atoms with Crippen molar-refractivity contribution < 1.29 is 9.59 Å². The number of Topliss-reactive ketones (excluding diaryl/α,β-unsaturated/α-hetero) is 1. The molecule has 1 saturated heterocycles. The predicted molar refractivity (Wildman–Crippen MR) is 94.7 cm³/mol. The summed E-state index contributed by atoms with van der Waals surface area (Å²) in [4.78, 5) is 24.7. The average molecular weight is 342 g/mol. The zero-order valence-electron chi connectivity index (χ0n) is 13.1. The molecule has 3 N–H and O–H groups in total. The van der Waals surface area contributed by atoms with Crippen molar-refractivity contribution in [2.24, 2.45) is 5.73 Å². The zero-order valence-corrected chi connectivity index (χ0v) is 13.8. The van der Waals surface area contributed by atoms with Crippen molar-refractivity contribution in [3.63, 3.8) is 0 Å². The Morgan fingerprint density at radius 2 is 1.83 bits per heavy atom.